The van der Waals surface area contributed by atoms with Crippen LogP contribution < -0.4 is 9.80 Å². The summed E-state index contributed by atoms with van der Waals surface area (Å²) in [5, 5.41) is 3.72. The van der Waals surface area contributed by atoms with Gasteiger partial charge in [0.2, 0.25) is 0 Å². The summed E-state index contributed by atoms with van der Waals surface area (Å²) < 4.78 is 2.39. The fourth-order valence-electron chi connectivity index (χ4n) is 12.0. The molecule has 0 N–H and O–H groups in total. The molecule has 1 aromatic heterocycles. The Bertz CT molecular complexity index is 3300. The highest BCUT2D eigenvalue weighted by molar-refractivity contribution is 9.10. The molecule has 0 unspecified atom stereocenters. The molecule has 0 radical (unpaired) electrons. The number of anilines is 6. The van der Waals surface area contributed by atoms with E-state index >= 15 is 0 Å². The van der Waals surface area contributed by atoms with Crippen LogP contribution in [0, 0.1) is 0 Å². The molecule has 0 aliphatic heterocycles. The van der Waals surface area contributed by atoms with Crippen molar-refractivity contribution in [3.63, 3.8) is 0 Å². The van der Waals surface area contributed by atoms with Gasteiger partial charge in [0.05, 0.1) is 17.1 Å². The highest BCUT2D eigenvalue weighted by Crippen LogP contribution is 2.51. The molecule has 8 aromatic rings. The standard InChI is InChI=1S/C72H83BrN2S/c1-69(2,3)55-31-23-50(24-32-55)51-27-36-59(37-28-51)74(66-42-54(29-38-64(66)73)49-21-17-14-18-22-49)60-43-58(72(10,11)12)44-61(46-60)75(67-47-76-68-40-35-57(45-63(67)68)71(7,8)9)65-39-30-53(48-19-15-13-16-20-48)41-62(65)52-25-33-56(34-26-52)70(4,5)6/h23-49H,13-22H2,1-12H3. The maximum atomic E-state index is 4.19. The Morgan fingerprint density at radius 1 is 0.382 bits per heavy atom. The number of benzene rings is 7. The molecule has 0 spiro atoms. The van der Waals surface area contributed by atoms with Gasteiger partial charge in [0.15, 0.2) is 0 Å². The number of thiophene rings is 1. The van der Waals surface area contributed by atoms with Crippen molar-refractivity contribution in [1.29, 1.82) is 0 Å². The molecule has 76 heavy (non-hydrogen) atoms. The summed E-state index contributed by atoms with van der Waals surface area (Å²) in [6, 6.07) is 57.4. The van der Waals surface area contributed by atoms with E-state index in [0.717, 1.165) is 21.5 Å². The zero-order valence-electron chi connectivity index (χ0n) is 47.8. The number of halogens is 1. The fourth-order valence-corrected chi connectivity index (χ4v) is 13.3. The van der Waals surface area contributed by atoms with Crippen molar-refractivity contribution < 1.29 is 0 Å². The quantitative estimate of drug-likeness (QED) is 0.135. The first-order chi connectivity index (χ1) is 36.1. The van der Waals surface area contributed by atoms with E-state index in [2.05, 4.69) is 260 Å². The molecule has 10 rings (SSSR count). The van der Waals surface area contributed by atoms with Gasteiger partial charge in [-0.05, 0) is 192 Å². The average Bonchev–Trinajstić information content (AvgIpc) is 3.84. The van der Waals surface area contributed by atoms with Gasteiger partial charge in [-0.3, -0.25) is 0 Å². The lowest BCUT2D eigenvalue weighted by Crippen LogP contribution is -2.18. The van der Waals surface area contributed by atoms with E-state index in [1.165, 1.54) is 147 Å². The first-order valence-corrected chi connectivity index (χ1v) is 30.3. The van der Waals surface area contributed by atoms with Crippen molar-refractivity contribution in [2.24, 2.45) is 0 Å². The first kappa shape index (κ1) is 54.0. The lowest BCUT2D eigenvalue weighted by Gasteiger charge is -2.34. The Balaban J connectivity index is 1.23. The Morgan fingerprint density at radius 2 is 0.855 bits per heavy atom. The largest absolute Gasteiger partial charge is 0.309 e. The number of fused-ring (bicyclic) bond motifs is 1. The minimum Gasteiger partial charge on any atom is -0.309 e. The van der Waals surface area contributed by atoms with Gasteiger partial charge in [0.25, 0.3) is 0 Å². The number of rotatable bonds is 10. The van der Waals surface area contributed by atoms with E-state index in [0.29, 0.717) is 11.8 Å². The van der Waals surface area contributed by atoms with Crippen LogP contribution in [-0.2, 0) is 21.7 Å². The number of hydrogen-bond acceptors (Lipinski definition) is 3. The van der Waals surface area contributed by atoms with Gasteiger partial charge in [-0.15, -0.1) is 11.3 Å². The maximum absolute atomic E-state index is 4.19. The number of hydrogen-bond donors (Lipinski definition) is 0. The zero-order valence-corrected chi connectivity index (χ0v) is 50.2. The van der Waals surface area contributed by atoms with Crippen molar-refractivity contribution >= 4 is 71.5 Å². The molecular weight excluding hydrogens is 1000 g/mol. The Kier molecular flexibility index (Phi) is 15.2. The minimum absolute atomic E-state index is 0.00930. The van der Waals surface area contributed by atoms with Crippen LogP contribution in [0.2, 0.25) is 0 Å². The highest BCUT2D eigenvalue weighted by atomic mass is 79.9. The van der Waals surface area contributed by atoms with Crippen LogP contribution in [0.3, 0.4) is 0 Å². The second-order valence-electron chi connectivity index (χ2n) is 26.6. The average molecular weight is 1090 g/mol. The van der Waals surface area contributed by atoms with Crippen molar-refractivity contribution in [2.75, 3.05) is 9.80 Å². The fraction of sp³-hybridized carbons (Fsp3) is 0.389. The van der Waals surface area contributed by atoms with Gasteiger partial charge in [-0.25, -0.2) is 0 Å². The van der Waals surface area contributed by atoms with Crippen LogP contribution in [0.5, 0.6) is 0 Å². The van der Waals surface area contributed by atoms with Crippen LogP contribution >= 0.6 is 27.3 Å². The third-order valence-corrected chi connectivity index (χ3v) is 18.5. The molecule has 394 valence electrons. The molecule has 0 amide bonds. The van der Waals surface area contributed by atoms with Crippen LogP contribution in [0.4, 0.5) is 34.1 Å². The van der Waals surface area contributed by atoms with Gasteiger partial charge in [0.1, 0.15) is 0 Å². The summed E-state index contributed by atoms with van der Waals surface area (Å²) in [5.41, 5.74) is 20.2. The van der Waals surface area contributed by atoms with Gasteiger partial charge in [0, 0.05) is 42.6 Å². The van der Waals surface area contributed by atoms with Crippen molar-refractivity contribution in [3.8, 4) is 22.3 Å². The second kappa shape index (κ2) is 21.4. The van der Waals surface area contributed by atoms with Gasteiger partial charge < -0.3 is 9.80 Å². The van der Waals surface area contributed by atoms with E-state index < -0.39 is 0 Å². The molecule has 2 fully saturated rings. The van der Waals surface area contributed by atoms with E-state index in [-0.39, 0.29) is 21.7 Å². The minimum atomic E-state index is -0.168. The third kappa shape index (κ3) is 11.6. The summed E-state index contributed by atoms with van der Waals surface area (Å²) in [5.74, 6) is 1.13. The highest BCUT2D eigenvalue weighted by Gasteiger charge is 2.29. The predicted molar refractivity (Wildman–Crippen MR) is 336 cm³/mol. The van der Waals surface area contributed by atoms with Crippen LogP contribution in [0.25, 0.3) is 32.3 Å². The summed E-state index contributed by atoms with van der Waals surface area (Å²) in [7, 11) is 0. The molecule has 2 nitrogen and oxygen atoms in total. The summed E-state index contributed by atoms with van der Waals surface area (Å²) in [6.07, 6.45) is 12.9. The molecule has 4 heteroatoms. The van der Waals surface area contributed by atoms with Gasteiger partial charge in [-0.1, -0.05) is 200 Å². The summed E-state index contributed by atoms with van der Waals surface area (Å²) in [4.78, 5) is 5.18. The van der Waals surface area contributed by atoms with Crippen molar-refractivity contribution in [3.05, 3.63) is 189 Å². The third-order valence-electron chi connectivity index (χ3n) is 16.8. The van der Waals surface area contributed by atoms with Crippen molar-refractivity contribution in [1.82, 2.24) is 0 Å². The van der Waals surface area contributed by atoms with E-state index in [9.17, 15) is 0 Å². The monoisotopic (exact) mass is 1090 g/mol. The maximum Gasteiger partial charge on any atom is 0.0647 e. The van der Waals surface area contributed by atoms with E-state index in [1.807, 2.05) is 11.3 Å². The molecule has 0 saturated heterocycles. The number of nitrogens with zero attached hydrogens (tertiary/aromatic N) is 2. The molecule has 2 aliphatic carbocycles. The van der Waals surface area contributed by atoms with Crippen LogP contribution in [0.15, 0.2) is 155 Å². The molecule has 1 heterocycles. The summed E-state index contributed by atoms with van der Waals surface area (Å²) >= 11 is 6.05. The molecule has 2 aliphatic rings. The van der Waals surface area contributed by atoms with Gasteiger partial charge in [-0.2, -0.15) is 0 Å². The smallest absolute Gasteiger partial charge is 0.0647 e. The van der Waals surface area contributed by atoms with Crippen LogP contribution in [-0.4, -0.2) is 0 Å². The zero-order chi connectivity index (χ0) is 53.7. The SMILES string of the molecule is CC(C)(C)c1ccc(-c2ccc(N(c3cc(N(c4ccc(C5CCCCC5)cc4-c4ccc(C(C)(C)C)cc4)c4csc5ccc(C(C)(C)C)cc45)cc(C(C)(C)C)c3)c3cc(C4CCCCC4)ccc3Br)cc2)cc1. The van der Waals surface area contributed by atoms with Crippen molar-refractivity contribution in [2.45, 2.75) is 181 Å². The van der Waals surface area contributed by atoms with Gasteiger partial charge >= 0.3 is 0 Å². The molecule has 2 saturated carbocycles. The Morgan fingerprint density at radius 3 is 1.39 bits per heavy atom. The van der Waals surface area contributed by atoms with E-state index in [1.54, 1.807) is 0 Å². The molecule has 7 aromatic carbocycles. The molecule has 0 atom stereocenters. The lowest BCUT2D eigenvalue weighted by molar-refractivity contribution is 0.443. The normalized spacial score (nSPS) is 15.3. The predicted octanol–water partition coefficient (Wildman–Crippen LogP) is 23.2. The summed E-state index contributed by atoms with van der Waals surface area (Å²) in [6.45, 7) is 28.0. The first-order valence-electron chi connectivity index (χ1n) is 28.6. The Hall–Kier alpha value is -5.42. The van der Waals surface area contributed by atoms with Crippen LogP contribution in [0.1, 0.15) is 193 Å². The lowest BCUT2D eigenvalue weighted by atomic mass is 9.82. The van der Waals surface area contributed by atoms with E-state index in [4.69, 9.17) is 0 Å². The molecule has 0 bridgehead atoms. The topological polar surface area (TPSA) is 6.48 Å². The molecular formula is C72H83BrN2S. The second-order valence-corrected chi connectivity index (χ2v) is 28.4. The Labute approximate surface area is 470 Å².